The van der Waals surface area contributed by atoms with Crippen molar-refractivity contribution in [2.24, 2.45) is 0 Å². The summed E-state index contributed by atoms with van der Waals surface area (Å²) < 4.78 is 5.72. The Morgan fingerprint density at radius 3 is 2.33 bits per heavy atom. The molecule has 0 radical (unpaired) electrons. The summed E-state index contributed by atoms with van der Waals surface area (Å²) in [6, 6.07) is 24.1. The van der Waals surface area contributed by atoms with Crippen LogP contribution >= 0.6 is 11.6 Å². The van der Waals surface area contributed by atoms with Gasteiger partial charge in [-0.05, 0) is 55.8 Å². The Morgan fingerprint density at radius 1 is 0.939 bits per heavy atom. The summed E-state index contributed by atoms with van der Waals surface area (Å²) in [7, 11) is 0. The van der Waals surface area contributed by atoms with E-state index in [9.17, 15) is 4.79 Å². The number of anilines is 1. The maximum Gasteiger partial charge on any atom is 0.326 e. The van der Waals surface area contributed by atoms with E-state index >= 15 is 0 Å². The number of rotatable bonds is 4. The number of benzene rings is 3. The number of carbonyl (C=O) groups is 1. The number of aryl methyl sites for hydroxylation is 1. The van der Waals surface area contributed by atoms with Gasteiger partial charge in [-0.15, -0.1) is 0 Å². The predicted octanol–water partition coefficient (Wildman–Crippen LogP) is 6.40. The minimum Gasteiger partial charge on any atom is -0.334 e. The highest BCUT2D eigenvalue weighted by Gasteiger charge is 2.36. The average molecular weight is 457 g/mol. The van der Waals surface area contributed by atoms with Crippen LogP contribution in [0.25, 0.3) is 17.0 Å². The van der Waals surface area contributed by atoms with Gasteiger partial charge in [-0.3, -0.25) is 4.90 Å². The van der Waals surface area contributed by atoms with E-state index < -0.39 is 6.04 Å². The van der Waals surface area contributed by atoms with Crippen LogP contribution in [0.5, 0.6) is 0 Å². The number of halogens is 1. The van der Waals surface area contributed by atoms with E-state index in [0.29, 0.717) is 16.7 Å². The summed E-state index contributed by atoms with van der Waals surface area (Å²) >= 11 is 6.01. The number of amides is 2. The molecule has 0 aliphatic carbocycles. The normalized spacial score (nSPS) is 16.2. The van der Waals surface area contributed by atoms with Crippen molar-refractivity contribution in [3.8, 4) is 11.4 Å². The van der Waals surface area contributed by atoms with E-state index in [1.54, 1.807) is 17.0 Å². The highest BCUT2D eigenvalue weighted by Crippen LogP contribution is 2.39. The fourth-order valence-electron chi connectivity index (χ4n) is 3.97. The Balaban J connectivity index is 1.64. The Hall–Kier alpha value is -3.90. The highest BCUT2D eigenvalue weighted by molar-refractivity contribution is 6.30. The molecule has 7 heteroatoms. The summed E-state index contributed by atoms with van der Waals surface area (Å²) in [5.41, 5.74) is 5.08. The Kier molecular flexibility index (Phi) is 5.44. The van der Waals surface area contributed by atoms with Crippen molar-refractivity contribution in [2.75, 3.05) is 4.90 Å². The maximum absolute atomic E-state index is 13.2. The first kappa shape index (κ1) is 21.0. The van der Waals surface area contributed by atoms with Crippen molar-refractivity contribution >= 4 is 28.9 Å². The molecule has 1 aliphatic rings. The van der Waals surface area contributed by atoms with E-state index in [4.69, 9.17) is 16.1 Å². The van der Waals surface area contributed by atoms with Crippen LogP contribution in [0.15, 0.2) is 89.1 Å². The SMILES string of the molecule is CC1=C(c2nc(-c3ccc(Cl)cc3)no2)C(c2ccc(C)cc2)NC(=O)N1c1ccccc1. The van der Waals surface area contributed by atoms with Crippen LogP contribution < -0.4 is 10.2 Å². The first-order valence-electron chi connectivity index (χ1n) is 10.5. The molecule has 1 atom stereocenters. The average Bonchev–Trinajstić information content (AvgIpc) is 3.30. The summed E-state index contributed by atoms with van der Waals surface area (Å²) in [5.74, 6) is 0.803. The fraction of sp³-hybridized carbons (Fsp3) is 0.115. The summed E-state index contributed by atoms with van der Waals surface area (Å²) in [6.45, 7) is 3.92. The molecule has 1 unspecified atom stereocenters. The third-order valence-corrected chi connectivity index (χ3v) is 5.92. The molecule has 2 amide bonds. The quantitative estimate of drug-likeness (QED) is 0.385. The minimum atomic E-state index is -0.434. The van der Waals surface area contributed by atoms with Crippen LogP contribution in [0, 0.1) is 6.92 Å². The van der Waals surface area contributed by atoms with Crippen LogP contribution in [0.1, 0.15) is 30.0 Å². The molecule has 0 bridgehead atoms. The van der Waals surface area contributed by atoms with Crippen molar-refractivity contribution in [1.29, 1.82) is 0 Å². The van der Waals surface area contributed by atoms with E-state index in [1.807, 2.05) is 80.6 Å². The van der Waals surface area contributed by atoms with E-state index in [2.05, 4.69) is 15.5 Å². The highest BCUT2D eigenvalue weighted by atomic mass is 35.5. The number of allylic oxidation sites excluding steroid dienone is 1. The molecule has 0 fully saturated rings. The van der Waals surface area contributed by atoms with Crippen LogP contribution in [0.4, 0.5) is 10.5 Å². The van der Waals surface area contributed by atoms with Gasteiger partial charge in [0.15, 0.2) is 0 Å². The molecular weight excluding hydrogens is 436 g/mol. The topological polar surface area (TPSA) is 71.3 Å². The van der Waals surface area contributed by atoms with E-state index in [0.717, 1.165) is 33.6 Å². The molecule has 3 aromatic carbocycles. The van der Waals surface area contributed by atoms with Gasteiger partial charge >= 0.3 is 6.03 Å². The number of nitrogens with one attached hydrogen (secondary N) is 1. The second kappa shape index (κ2) is 8.56. The first-order chi connectivity index (χ1) is 16.0. The standard InChI is InChI=1S/C26H21ClN4O2/c1-16-8-10-18(11-9-16)23-22(17(2)31(26(32)28-23)21-6-4-3-5-7-21)25-29-24(30-33-25)19-12-14-20(27)15-13-19/h3-15,23H,1-2H3,(H,28,32). The predicted molar refractivity (Wildman–Crippen MR) is 129 cm³/mol. The molecule has 0 saturated heterocycles. The van der Waals surface area contributed by atoms with Crippen LogP contribution in [-0.4, -0.2) is 16.2 Å². The smallest absolute Gasteiger partial charge is 0.326 e. The zero-order chi connectivity index (χ0) is 22.9. The van der Waals surface area contributed by atoms with Crippen LogP contribution in [0.2, 0.25) is 5.02 Å². The molecule has 1 N–H and O–H groups in total. The lowest BCUT2D eigenvalue weighted by Gasteiger charge is -2.35. The molecule has 2 heterocycles. The van der Waals surface area contributed by atoms with Crippen molar-refractivity contribution in [3.05, 3.63) is 107 Å². The van der Waals surface area contributed by atoms with Gasteiger partial charge in [-0.25, -0.2) is 4.79 Å². The molecule has 1 aliphatic heterocycles. The molecule has 5 rings (SSSR count). The van der Waals surface area contributed by atoms with Crippen molar-refractivity contribution in [3.63, 3.8) is 0 Å². The lowest BCUT2D eigenvalue weighted by molar-refractivity contribution is 0.244. The minimum absolute atomic E-state index is 0.217. The lowest BCUT2D eigenvalue weighted by atomic mass is 9.94. The second-order valence-electron chi connectivity index (χ2n) is 7.89. The van der Waals surface area contributed by atoms with Gasteiger partial charge < -0.3 is 9.84 Å². The van der Waals surface area contributed by atoms with Crippen molar-refractivity contribution < 1.29 is 9.32 Å². The number of aromatic nitrogens is 2. The summed E-state index contributed by atoms with van der Waals surface area (Å²) in [5, 5.41) is 7.94. The molecule has 6 nitrogen and oxygen atoms in total. The number of urea groups is 1. The number of carbonyl (C=O) groups excluding carboxylic acids is 1. The maximum atomic E-state index is 13.2. The van der Waals surface area contributed by atoms with Crippen molar-refractivity contribution in [2.45, 2.75) is 19.9 Å². The monoisotopic (exact) mass is 456 g/mol. The Labute approximate surface area is 196 Å². The van der Waals surface area contributed by atoms with Gasteiger partial charge in [0.05, 0.1) is 17.3 Å². The second-order valence-corrected chi connectivity index (χ2v) is 8.33. The molecule has 164 valence electrons. The zero-order valence-electron chi connectivity index (χ0n) is 18.1. The molecule has 1 aromatic heterocycles. The molecule has 33 heavy (non-hydrogen) atoms. The van der Waals surface area contributed by atoms with Gasteiger partial charge in [0.25, 0.3) is 5.89 Å². The van der Waals surface area contributed by atoms with Crippen LogP contribution in [0.3, 0.4) is 0 Å². The third-order valence-electron chi connectivity index (χ3n) is 5.67. The van der Waals surface area contributed by atoms with Crippen LogP contribution in [-0.2, 0) is 0 Å². The molecular formula is C26H21ClN4O2. The zero-order valence-corrected chi connectivity index (χ0v) is 18.9. The van der Waals surface area contributed by atoms with Gasteiger partial charge in [-0.2, -0.15) is 4.98 Å². The third kappa shape index (κ3) is 4.01. The fourth-order valence-corrected chi connectivity index (χ4v) is 4.09. The number of para-hydroxylation sites is 1. The summed E-state index contributed by atoms with van der Waals surface area (Å²) in [6.07, 6.45) is 0. The first-order valence-corrected chi connectivity index (χ1v) is 10.9. The van der Waals surface area contributed by atoms with Gasteiger partial charge in [0.1, 0.15) is 0 Å². The molecule has 0 saturated carbocycles. The molecule has 0 spiro atoms. The van der Waals surface area contributed by atoms with E-state index in [1.165, 1.54) is 0 Å². The number of hydrogen-bond donors (Lipinski definition) is 1. The van der Waals surface area contributed by atoms with Gasteiger partial charge in [0, 0.05) is 16.3 Å². The van der Waals surface area contributed by atoms with Gasteiger partial charge in [-0.1, -0.05) is 64.8 Å². The lowest BCUT2D eigenvalue weighted by Crippen LogP contribution is -2.46. The van der Waals surface area contributed by atoms with Crippen molar-refractivity contribution in [1.82, 2.24) is 15.5 Å². The Morgan fingerprint density at radius 2 is 1.64 bits per heavy atom. The number of nitrogens with zero attached hydrogens (tertiary/aromatic N) is 3. The summed E-state index contributed by atoms with van der Waals surface area (Å²) in [4.78, 5) is 19.5. The molecule has 4 aromatic rings. The Bertz CT molecular complexity index is 1330. The largest absolute Gasteiger partial charge is 0.334 e. The number of hydrogen-bond acceptors (Lipinski definition) is 4. The van der Waals surface area contributed by atoms with Gasteiger partial charge in [0.2, 0.25) is 5.82 Å². The van der Waals surface area contributed by atoms with E-state index in [-0.39, 0.29) is 6.03 Å².